The van der Waals surface area contributed by atoms with E-state index in [0.29, 0.717) is 6.54 Å². The highest BCUT2D eigenvalue weighted by atomic mass is 16.5. The van der Waals surface area contributed by atoms with Crippen LogP contribution in [0.4, 0.5) is 10.5 Å². The van der Waals surface area contributed by atoms with Crippen LogP contribution in [0.5, 0.6) is 5.75 Å². The predicted molar refractivity (Wildman–Crippen MR) is 99.1 cm³/mol. The van der Waals surface area contributed by atoms with Crippen molar-refractivity contribution in [3.8, 4) is 16.9 Å². The highest BCUT2D eigenvalue weighted by Gasteiger charge is 2.23. The van der Waals surface area contributed by atoms with Gasteiger partial charge in [-0.25, -0.2) is 4.79 Å². The van der Waals surface area contributed by atoms with Gasteiger partial charge in [0.05, 0.1) is 13.2 Å². The number of nitrogens with zero attached hydrogens (tertiary/aromatic N) is 1. The van der Waals surface area contributed by atoms with Gasteiger partial charge in [-0.2, -0.15) is 0 Å². The molecule has 1 N–H and O–H groups in total. The molecule has 0 aromatic heterocycles. The lowest BCUT2D eigenvalue weighted by Crippen LogP contribution is -2.44. The molecule has 0 unspecified atom stereocenters. The van der Waals surface area contributed by atoms with Gasteiger partial charge in [-0.15, -0.1) is 0 Å². The molecule has 0 radical (unpaired) electrons. The van der Waals surface area contributed by atoms with Crippen molar-refractivity contribution < 1.29 is 14.3 Å². The first-order chi connectivity index (χ1) is 12.2. The predicted octanol–water partition coefficient (Wildman–Crippen LogP) is 4.00. The van der Waals surface area contributed by atoms with Crippen LogP contribution in [-0.4, -0.2) is 44.3 Å². The zero-order valence-electron chi connectivity index (χ0n) is 14.7. The van der Waals surface area contributed by atoms with Crippen molar-refractivity contribution in [2.45, 2.75) is 18.9 Å². The first-order valence-corrected chi connectivity index (χ1v) is 8.53. The van der Waals surface area contributed by atoms with Crippen molar-refractivity contribution in [3.63, 3.8) is 0 Å². The second-order valence-corrected chi connectivity index (χ2v) is 6.19. The van der Waals surface area contributed by atoms with Crippen LogP contribution in [0.2, 0.25) is 0 Å². The smallest absolute Gasteiger partial charge is 0.321 e. The molecule has 1 fully saturated rings. The molecule has 132 valence electrons. The number of piperidine rings is 1. The summed E-state index contributed by atoms with van der Waals surface area (Å²) in [5, 5.41) is 2.96. The average Bonchev–Trinajstić information content (AvgIpc) is 2.68. The molecular weight excluding hydrogens is 316 g/mol. The number of likely N-dealkylation sites (tertiary alicyclic amines) is 1. The normalized spacial score (nSPS) is 17.2. The Hall–Kier alpha value is -2.53. The SMILES string of the molecule is COc1cccc(-c2ccc(NC(=O)N3CCC[C@H](OC)C3)cc2)c1. The van der Waals surface area contributed by atoms with E-state index in [-0.39, 0.29) is 12.1 Å². The Morgan fingerprint density at radius 1 is 1.12 bits per heavy atom. The molecule has 5 heteroatoms. The number of carbonyl (C=O) groups is 1. The number of nitrogens with one attached hydrogen (secondary N) is 1. The van der Waals surface area contributed by atoms with Gasteiger partial charge in [0.2, 0.25) is 0 Å². The van der Waals surface area contributed by atoms with Gasteiger partial charge in [0.1, 0.15) is 5.75 Å². The molecular formula is C20H24N2O3. The van der Waals surface area contributed by atoms with E-state index in [9.17, 15) is 4.79 Å². The average molecular weight is 340 g/mol. The van der Waals surface area contributed by atoms with E-state index in [4.69, 9.17) is 9.47 Å². The summed E-state index contributed by atoms with van der Waals surface area (Å²) in [6.07, 6.45) is 2.12. The lowest BCUT2D eigenvalue weighted by Gasteiger charge is -2.31. The maximum absolute atomic E-state index is 12.4. The number of benzene rings is 2. The maximum Gasteiger partial charge on any atom is 0.321 e. The number of methoxy groups -OCH3 is 2. The summed E-state index contributed by atoms with van der Waals surface area (Å²) in [5.74, 6) is 0.827. The van der Waals surface area contributed by atoms with Gasteiger partial charge in [0.25, 0.3) is 0 Å². The summed E-state index contributed by atoms with van der Waals surface area (Å²) in [4.78, 5) is 14.2. The molecule has 0 bridgehead atoms. The van der Waals surface area contributed by atoms with Crippen molar-refractivity contribution in [2.75, 3.05) is 32.6 Å². The number of urea groups is 1. The van der Waals surface area contributed by atoms with E-state index >= 15 is 0 Å². The fourth-order valence-corrected chi connectivity index (χ4v) is 3.07. The van der Waals surface area contributed by atoms with E-state index in [1.54, 1.807) is 14.2 Å². The maximum atomic E-state index is 12.4. The molecule has 0 saturated carbocycles. The summed E-state index contributed by atoms with van der Waals surface area (Å²) in [6.45, 7) is 1.41. The van der Waals surface area contributed by atoms with Crippen molar-refractivity contribution in [1.82, 2.24) is 4.90 Å². The number of carbonyl (C=O) groups excluding carboxylic acids is 1. The summed E-state index contributed by atoms with van der Waals surface area (Å²) < 4.78 is 10.6. The molecule has 1 aliphatic rings. The molecule has 2 aromatic carbocycles. The number of hydrogen-bond acceptors (Lipinski definition) is 3. The zero-order valence-corrected chi connectivity index (χ0v) is 14.7. The van der Waals surface area contributed by atoms with Crippen LogP contribution < -0.4 is 10.1 Å². The van der Waals surface area contributed by atoms with Crippen LogP contribution in [0.3, 0.4) is 0 Å². The topological polar surface area (TPSA) is 50.8 Å². The summed E-state index contributed by atoms with van der Waals surface area (Å²) >= 11 is 0. The Bertz CT molecular complexity index is 715. The molecule has 1 heterocycles. The van der Waals surface area contributed by atoms with E-state index < -0.39 is 0 Å². The monoisotopic (exact) mass is 340 g/mol. The number of rotatable bonds is 4. The first-order valence-electron chi connectivity index (χ1n) is 8.53. The highest BCUT2D eigenvalue weighted by Crippen LogP contribution is 2.25. The van der Waals surface area contributed by atoms with E-state index in [1.165, 1.54) is 0 Å². The molecule has 1 atom stereocenters. The summed E-state index contributed by atoms with van der Waals surface area (Å²) in [7, 11) is 3.36. The van der Waals surface area contributed by atoms with Gasteiger partial charge in [-0.1, -0.05) is 24.3 Å². The van der Waals surface area contributed by atoms with Gasteiger partial charge in [0.15, 0.2) is 0 Å². The minimum absolute atomic E-state index is 0.0733. The Balaban J connectivity index is 1.65. The molecule has 2 amide bonds. The molecule has 2 aromatic rings. The molecule has 0 spiro atoms. The van der Waals surface area contributed by atoms with Crippen LogP contribution in [-0.2, 0) is 4.74 Å². The molecule has 1 saturated heterocycles. The molecule has 1 aliphatic heterocycles. The molecule has 3 rings (SSSR count). The van der Waals surface area contributed by atoms with E-state index in [0.717, 1.165) is 42.0 Å². The highest BCUT2D eigenvalue weighted by molar-refractivity contribution is 5.89. The van der Waals surface area contributed by atoms with Gasteiger partial charge < -0.3 is 19.7 Å². The van der Waals surface area contributed by atoms with Crippen molar-refractivity contribution in [1.29, 1.82) is 0 Å². The standard InChI is InChI=1S/C20H24N2O3/c1-24-18-6-3-5-16(13-18)15-8-10-17(11-9-15)21-20(23)22-12-4-7-19(14-22)25-2/h3,5-6,8-11,13,19H,4,7,12,14H2,1-2H3,(H,21,23)/t19-/m0/s1. The third-order valence-corrected chi connectivity index (χ3v) is 4.54. The zero-order chi connectivity index (χ0) is 17.6. The number of anilines is 1. The van der Waals surface area contributed by atoms with Crippen molar-refractivity contribution >= 4 is 11.7 Å². The lowest BCUT2D eigenvalue weighted by molar-refractivity contribution is 0.0458. The van der Waals surface area contributed by atoms with Crippen LogP contribution in [0, 0.1) is 0 Å². The fourth-order valence-electron chi connectivity index (χ4n) is 3.07. The van der Waals surface area contributed by atoms with Crippen LogP contribution in [0.15, 0.2) is 48.5 Å². The second kappa shape index (κ2) is 8.03. The number of hydrogen-bond donors (Lipinski definition) is 1. The molecule has 0 aliphatic carbocycles. The Morgan fingerprint density at radius 3 is 2.64 bits per heavy atom. The van der Waals surface area contributed by atoms with E-state index in [1.807, 2.05) is 53.4 Å². The molecule has 5 nitrogen and oxygen atoms in total. The van der Waals surface area contributed by atoms with Crippen LogP contribution in [0.25, 0.3) is 11.1 Å². The van der Waals surface area contributed by atoms with E-state index in [2.05, 4.69) is 5.32 Å². The van der Waals surface area contributed by atoms with Crippen LogP contribution in [0.1, 0.15) is 12.8 Å². The minimum Gasteiger partial charge on any atom is -0.497 e. The van der Waals surface area contributed by atoms with Gasteiger partial charge in [0, 0.05) is 25.9 Å². The minimum atomic E-state index is -0.0733. The largest absolute Gasteiger partial charge is 0.497 e. The number of amides is 2. The third-order valence-electron chi connectivity index (χ3n) is 4.54. The van der Waals surface area contributed by atoms with Gasteiger partial charge in [-0.05, 0) is 48.2 Å². The van der Waals surface area contributed by atoms with Crippen molar-refractivity contribution in [3.05, 3.63) is 48.5 Å². The Morgan fingerprint density at radius 2 is 1.92 bits per heavy atom. The second-order valence-electron chi connectivity index (χ2n) is 6.19. The first kappa shape index (κ1) is 17.3. The molecule has 25 heavy (non-hydrogen) atoms. The fraction of sp³-hybridized carbons (Fsp3) is 0.350. The summed E-state index contributed by atoms with van der Waals surface area (Å²) in [5.41, 5.74) is 2.95. The van der Waals surface area contributed by atoms with Crippen LogP contribution >= 0.6 is 0 Å². The Labute approximate surface area is 148 Å². The quantitative estimate of drug-likeness (QED) is 0.915. The van der Waals surface area contributed by atoms with Gasteiger partial charge >= 0.3 is 6.03 Å². The van der Waals surface area contributed by atoms with Gasteiger partial charge in [-0.3, -0.25) is 0 Å². The third kappa shape index (κ3) is 4.31. The number of ether oxygens (including phenoxy) is 2. The lowest BCUT2D eigenvalue weighted by atomic mass is 10.1. The van der Waals surface area contributed by atoms with Crippen molar-refractivity contribution in [2.24, 2.45) is 0 Å². The summed E-state index contributed by atoms with van der Waals surface area (Å²) in [6, 6.07) is 15.7. The Kier molecular flexibility index (Phi) is 5.56.